The third-order valence-electron chi connectivity index (χ3n) is 7.40. The lowest BCUT2D eigenvalue weighted by atomic mass is 9.55. The van der Waals surface area contributed by atoms with Gasteiger partial charge in [0, 0.05) is 22.8 Å². The Morgan fingerprint density at radius 1 is 1.23 bits per heavy atom. The zero-order chi connectivity index (χ0) is 22.0. The van der Waals surface area contributed by atoms with Crippen molar-refractivity contribution in [3.63, 3.8) is 0 Å². The van der Waals surface area contributed by atoms with Crippen molar-refractivity contribution in [1.29, 1.82) is 0 Å². The SMILES string of the molecule is C=C1C(=O)OC2C1CCC1(C)C(OC3OC(CO)C(O)C(O)C3O)C(O)C=C(C)C21. The maximum absolute atomic E-state index is 12.1. The highest BCUT2D eigenvalue weighted by atomic mass is 16.7. The van der Waals surface area contributed by atoms with Gasteiger partial charge >= 0.3 is 5.97 Å². The molecule has 0 spiro atoms. The number of rotatable bonds is 3. The van der Waals surface area contributed by atoms with Crippen LogP contribution in [0.2, 0.25) is 0 Å². The number of ether oxygens (including phenoxy) is 3. The lowest BCUT2D eigenvalue weighted by Gasteiger charge is -2.55. The second-order valence-electron chi connectivity index (χ2n) is 9.18. The summed E-state index contributed by atoms with van der Waals surface area (Å²) in [6.07, 6.45) is -6.46. The van der Waals surface area contributed by atoms with Gasteiger partial charge in [0.15, 0.2) is 6.29 Å². The molecule has 4 aliphatic rings. The quantitative estimate of drug-likeness (QED) is 0.218. The van der Waals surface area contributed by atoms with E-state index in [0.29, 0.717) is 18.4 Å². The first-order valence-corrected chi connectivity index (χ1v) is 10.3. The first-order chi connectivity index (χ1) is 14.1. The highest BCUT2D eigenvalue weighted by molar-refractivity contribution is 5.91. The molecule has 9 nitrogen and oxygen atoms in total. The summed E-state index contributed by atoms with van der Waals surface area (Å²) in [4.78, 5) is 12.1. The average Bonchev–Trinajstić information content (AvgIpc) is 2.98. The maximum atomic E-state index is 12.1. The van der Waals surface area contributed by atoms with Crippen LogP contribution in [-0.2, 0) is 19.0 Å². The van der Waals surface area contributed by atoms with Crippen LogP contribution in [0, 0.1) is 17.3 Å². The fourth-order valence-electron chi connectivity index (χ4n) is 5.78. The molecule has 0 aromatic heterocycles. The van der Waals surface area contributed by atoms with Gasteiger partial charge < -0.3 is 39.7 Å². The zero-order valence-corrected chi connectivity index (χ0v) is 17.0. The van der Waals surface area contributed by atoms with Gasteiger partial charge in [-0.2, -0.15) is 0 Å². The fraction of sp³-hybridized carbons (Fsp3) is 0.762. The minimum atomic E-state index is -1.57. The van der Waals surface area contributed by atoms with Crippen LogP contribution in [0.4, 0.5) is 0 Å². The van der Waals surface area contributed by atoms with Gasteiger partial charge in [0.25, 0.3) is 0 Å². The van der Waals surface area contributed by atoms with E-state index in [-0.39, 0.29) is 11.8 Å². The van der Waals surface area contributed by atoms with Crippen LogP contribution in [0.1, 0.15) is 26.7 Å². The van der Waals surface area contributed by atoms with Gasteiger partial charge in [0.2, 0.25) is 0 Å². The van der Waals surface area contributed by atoms with Gasteiger partial charge in [0.1, 0.15) is 30.5 Å². The van der Waals surface area contributed by atoms with Crippen LogP contribution in [0.3, 0.4) is 0 Å². The van der Waals surface area contributed by atoms with Gasteiger partial charge in [0.05, 0.1) is 18.8 Å². The van der Waals surface area contributed by atoms with Gasteiger partial charge in [-0.15, -0.1) is 0 Å². The predicted octanol–water partition coefficient (Wildman–Crippen LogP) is -0.994. The molecule has 168 valence electrons. The molecule has 4 rings (SSSR count). The number of fused-ring (bicyclic) bond motifs is 3. The zero-order valence-electron chi connectivity index (χ0n) is 17.0. The Hall–Kier alpha value is -1.33. The summed E-state index contributed by atoms with van der Waals surface area (Å²) in [5, 5.41) is 50.7. The van der Waals surface area contributed by atoms with Crippen molar-refractivity contribution in [3.05, 3.63) is 23.8 Å². The monoisotopic (exact) mass is 426 g/mol. The Bertz CT molecular complexity index is 749. The Kier molecular flexibility index (Phi) is 5.59. The number of carbonyl (C=O) groups excluding carboxylic acids is 1. The van der Waals surface area contributed by atoms with Crippen LogP contribution in [0.25, 0.3) is 0 Å². The number of aliphatic hydroxyl groups is 5. The van der Waals surface area contributed by atoms with Gasteiger partial charge in [-0.1, -0.05) is 25.2 Å². The maximum Gasteiger partial charge on any atom is 0.334 e. The largest absolute Gasteiger partial charge is 0.458 e. The van der Waals surface area contributed by atoms with Crippen molar-refractivity contribution in [2.45, 2.75) is 75.7 Å². The molecule has 11 atom stereocenters. The highest BCUT2D eigenvalue weighted by Crippen LogP contribution is 2.57. The highest BCUT2D eigenvalue weighted by Gasteiger charge is 2.60. The lowest BCUT2D eigenvalue weighted by Crippen LogP contribution is -2.63. The molecule has 2 heterocycles. The van der Waals surface area contributed by atoms with Crippen molar-refractivity contribution in [2.24, 2.45) is 17.3 Å². The molecular formula is C21H30O9. The number of aliphatic hydroxyl groups excluding tert-OH is 5. The summed E-state index contributed by atoms with van der Waals surface area (Å²) < 4.78 is 17.1. The molecule has 0 aromatic rings. The topological polar surface area (TPSA) is 146 Å². The number of esters is 1. The van der Waals surface area contributed by atoms with Gasteiger partial charge in [-0.05, 0) is 19.8 Å². The summed E-state index contributed by atoms with van der Waals surface area (Å²) in [5.41, 5.74) is 0.701. The molecule has 2 aliphatic heterocycles. The molecular weight excluding hydrogens is 396 g/mol. The lowest BCUT2D eigenvalue weighted by molar-refractivity contribution is -0.330. The third kappa shape index (κ3) is 3.15. The minimum Gasteiger partial charge on any atom is -0.458 e. The molecule has 2 saturated heterocycles. The predicted molar refractivity (Wildman–Crippen MR) is 102 cm³/mol. The molecule has 5 N–H and O–H groups in total. The van der Waals surface area contributed by atoms with Crippen molar-refractivity contribution >= 4 is 5.97 Å². The van der Waals surface area contributed by atoms with Crippen molar-refractivity contribution < 1.29 is 44.5 Å². The van der Waals surface area contributed by atoms with Gasteiger partial charge in [-0.3, -0.25) is 0 Å². The molecule has 3 fully saturated rings. The first kappa shape index (κ1) is 21.9. The van der Waals surface area contributed by atoms with Crippen LogP contribution in [-0.4, -0.2) is 87.1 Å². The molecule has 11 unspecified atom stereocenters. The van der Waals surface area contributed by atoms with Crippen molar-refractivity contribution in [3.8, 4) is 0 Å². The summed E-state index contributed by atoms with van der Waals surface area (Å²) in [6.45, 7) is 7.13. The van der Waals surface area contributed by atoms with E-state index in [1.165, 1.54) is 0 Å². The molecule has 0 radical (unpaired) electrons. The smallest absolute Gasteiger partial charge is 0.334 e. The van der Waals surface area contributed by atoms with Crippen LogP contribution < -0.4 is 0 Å². The van der Waals surface area contributed by atoms with E-state index in [1.54, 1.807) is 6.08 Å². The molecule has 30 heavy (non-hydrogen) atoms. The summed E-state index contributed by atoms with van der Waals surface area (Å²) in [6, 6.07) is 0. The normalized spacial score (nSPS) is 51.1. The molecule has 2 aliphatic carbocycles. The van der Waals surface area contributed by atoms with E-state index in [1.807, 2.05) is 13.8 Å². The van der Waals surface area contributed by atoms with E-state index in [2.05, 4.69) is 6.58 Å². The molecule has 0 aromatic carbocycles. The van der Waals surface area contributed by atoms with Crippen LogP contribution in [0.5, 0.6) is 0 Å². The second-order valence-corrected chi connectivity index (χ2v) is 9.18. The number of carbonyl (C=O) groups is 1. The molecule has 9 heteroatoms. The van der Waals surface area contributed by atoms with E-state index >= 15 is 0 Å². The Balaban J connectivity index is 1.63. The fourth-order valence-corrected chi connectivity index (χ4v) is 5.78. The minimum absolute atomic E-state index is 0.0953. The second kappa shape index (κ2) is 7.67. The van der Waals surface area contributed by atoms with Crippen molar-refractivity contribution in [2.75, 3.05) is 6.61 Å². The average molecular weight is 426 g/mol. The molecule has 0 amide bonds. The summed E-state index contributed by atoms with van der Waals surface area (Å²) in [7, 11) is 0. The van der Waals surface area contributed by atoms with Crippen molar-refractivity contribution in [1.82, 2.24) is 0 Å². The molecule has 1 saturated carbocycles. The Morgan fingerprint density at radius 3 is 2.60 bits per heavy atom. The van der Waals surface area contributed by atoms with E-state index in [9.17, 15) is 30.3 Å². The number of hydrogen-bond donors (Lipinski definition) is 5. The summed E-state index contributed by atoms with van der Waals surface area (Å²) >= 11 is 0. The van der Waals surface area contributed by atoms with E-state index in [0.717, 1.165) is 5.57 Å². The van der Waals surface area contributed by atoms with E-state index < -0.39 is 67.0 Å². The number of hydrogen-bond acceptors (Lipinski definition) is 9. The molecule has 0 bridgehead atoms. The van der Waals surface area contributed by atoms with E-state index in [4.69, 9.17) is 14.2 Å². The van der Waals surface area contributed by atoms with Crippen LogP contribution >= 0.6 is 0 Å². The summed E-state index contributed by atoms with van der Waals surface area (Å²) in [5.74, 6) is -0.723. The Labute approximate surface area is 174 Å². The van der Waals surface area contributed by atoms with Crippen LogP contribution in [0.15, 0.2) is 23.8 Å². The third-order valence-corrected chi connectivity index (χ3v) is 7.40. The first-order valence-electron chi connectivity index (χ1n) is 10.3. The Morgan fingerprint density at radius 2 is 1.93 bits per heavy atom. The standard InChI is InChI=1S/C21H30O9/c1-8-6-11(23)18(30-20-16(26)15(25)14(24)12(7-22)28-20)21(3)5-4-10-9(2)19(27)29-17(10)13(8)21/h6,10-18,20,22-26H,2,4-5,7H2,1,3H3. The van der Waals surface area contributed by atoms with Gasteiger partial charge in [-0.25, -0.2) is 4.79 Å².